The molecule has 0 radical (unpaired) electrons. The molecule has 5 nitrogen and oxygen atoms in total. The highest BCUT2D eigenvalue weighted by molar-refractivity contribution is 7.80. The minimum absolute atomic E-state index is 0.0279. The summed E-state index contributed by atoms with van der Waals surface area (Å²) >= 11 is 4.92. The van der Waals surface area contributed by atoms with Crippen molar-refractivity contribution in [2.75, 3.05) is 5.32 Å². The third-order valence-corrected chi connectivity index (χ3v) is 3.37. The summed E-state index contributed by atoms with van der Waals surface area (Å²) < 4.78 is 1.89. The number of thiocarbonyl (C=S) groups is 1. The summed E-state index contributed by atoms with van der Waals surface area (Å²) in [5.74, 6) is -0.0279. The zero-order chi connectivity index (χ0) is 15.2. The molecule has 0 fully saturated rings. The molecule has 0 aliphatic carbocycles. The summed E-state index contributed by atoms with van der Waals surface area (Å²) in [6, 6.07) is 9.17. The van der Waals surface area contributed by atoms with Gasteiger partial charge < -0.3 is 11.1 Å². The van der Waals surface area contributed by atoms with Crippen LogP contribution in [0, 0.1) is 6.92 Å². The lowest BCUT2D eigenvalue weighted by atomic mass is 10.2. The van der Waals surface area contributed by atoms with Gasteiger partial charge in [-0.15, -0.1) is 0 Å². The van der Waals surface area contributed by atoms with Gasteiger partial charge in [0, 0.05) is 36.1 Å². The summed E-state index contributed by atoms with van der Waals surface area (Å²) in [4.78, 5) is 12.2. The molecule has 1 heterocycles. The Hall–Kier alpha value is -2.21. The van der Waals surface area contributed by atoms with Crippen LogP contribution in [0.15, 0.2) is 36.5 Å². The molecule has 21 heavy (non-hydrogen) atoms. The fourth-order valence-electron chi connectivity index (χ4n) is 2.00. The van der Waals surface area contributed by atoms with Gasteiger partial charge in [0.05, 0.1) is 0 Å². The number of nitrogens with two attached hydrogens (primary N) is 1. The molecule has 1 amide bonds. The Morgan fingerprint density at radius 2 is 2.24 bits per heavy atom. The van der Waals surface area contributed by atoms with Gasteiger partial charge in [-0.1, -0.05) is 24.4 Å². The van der Waals surface area contributed by atoms with Crippen molar-refractivity contribution >= 4 is 28.8 Å². The maximum Gasteiger partial charge on any atom is 0.224 e. The van der Waals surface area contributed by atoms with E-state index in [0.717, 1.165) is 24.2 Å². The summed E-state index contributed by atoms with van der Waals surface area (Å²) in [6.45, 7) is 2.73. The van der Waals surface area contributed by atoms with Crippen LogP contribution in [-0.2, 0) is 11.3 Å². The Bertz CT molecular complexity index is 651. The molecule has 0 atom stereocenters. The van der Waals surface area contributed by atoms with Gasteiger partial charge in [-0.25, -0.2) is 0 Å². The summed E-state index contributed by atoms with van der Waals surface area (Å²) in [7, 11) is 0. The predicted octanol–water partition coefficient (Wildman–Crippen LogP) is 2.24. The molecule has 1 aromatic heterocycles. The van der Waals surface area contributed by atoms with Gasteiger partial charge >= 0.3 is 0 Å². The van der Waals surface area contributed by atoms with Crippen molar-refractivity contribution in [3.05, 3.63) is 47.8 Å². The molecule has 1 aromatic carbocycles. The van der Waals surface area contributed by atoms with Crippen molar-refractivity contribution in [3.63, 3.8) is 0 Å². The van der Waals surface area contributed by atoms with Gasteiger partial charge in [-0.2, -0.15) is 5.10 Å². The molecule has 6 heteroatoms. The van der Waals surface area contributed by atoms with Crippen molar-refractivity contribution < 1.29 is 4.79 Å². The van der Waals surface area contributed by atoms with E-state index in [4.69, 9.17) is 18.0 Å². The van der Waals surface area contributed by atoms with Gasteiger partial charge in [-0.3, -0.25) is 9.48 Å². The average molecular weight is 302 g/mol. The SMILES string of the molecule is Cc1ccnn1CCCC(=O)Nc1cccc(C(N)=S)c1. The first-order valence-corrected chi connectivity index (χ1v) is 7.15. The molecule has 0 aliphatic heterocycles. The van der Waals surface area contributed by atoms with Crippen LogP contribution >= 0.6 is 12.2 Å². The van der Waals surface area contributed by atoms with E-state index in [1.165, 1.54) is 0 Å². The second-order valence-corrected chi connectivity index (χ2v) is 5.23. The quantitative estimate of drug-likeness (QED) is 0.803. The van der Waals surface area contributed by atoms with Gasteiger partial charge in [0.25, 0.3) is 0 Å². The lowest BCUT2D eigenvalue weighted by Gasteiger charge is -2.07. The van der Waals surface area contributed by atoms with Crippen molar-refractivity contribution in [2.24, 2.45) is 5.73 Å². The number of nitrogens with one attached hydrogen (secondary N) is 1. The number of hydrogen-bond acceptors (Lipinski definition) is 3. The zero-order valence-corrected chi connectivity index (χ0v) is 12.7. The largest absolute Gasteiger partial charge is 0.389 e. The highest BCUT2D eigenvalue weighted by Gasteiger charge is 2.05. The van der Waals surface area contributed by atoms with Crippen LogP contribution in [0.1, 0.15) is 24.1 Å². The van der Waals surface area contributed by atoms with E-state index in [1.807, 2.05) is 35.9 Å². The number of hydrogen-bond donors (Lipinski definition) is 2. The molecule has 0 saturated carbocycles. The minimum Gasteiger partial charge on any atom is -0.389 e. The Morgan fingerprint density at radius 1 is 1.43 bits per heavy atom. The molecule has 0 saturated heterocycles. The van der Waals surface area contributed by atoms with E-state index in [-0.39, 0.29) is 5.91 Å². The maximum absolute atomic E-state index is 11.9. The van der Waals surface area contributed by atoms with Crippen LogP contribution in [0.25, 0.3) is 0 Å². The van der Waals surface area contributed by atoms with Gasteiger partial charge in [0.15, 0.2) is 0 Å². The number of anilines is 1. The van der Waals surface area contributed by atoms with E-state index in [9.17, 15) is 4.79 Å². The topological polar surface area (TPSA) is 72.9 Å². The first-order valence-electron chi connectivity index (χ1n) is 6.74. The fraction of sp³-hybridized carbons (Fsp3) is 0.267. The lowest BCUT2D eigenvalue weighted by Crippen LogP contribution is -2.14. The Kier molecular flexibility index (Phi) is 5.05. The molecule has 0 spiro atoms. The molecular formula is C15H18N4OS. The smallest absolute Gasteiger partial charge is 0.224 e. The molecule has 3 N–H and O–H groups in total. The van der Waals surface area contributed by atoms with Crippen LogP contribution in [0.3, 0.4) is 0 Å². The lowest BCUT2D eigenvalue weighted by molar-refractivity contribution is -0.116. The van der Waals surface area contributed by atoms with Crippen LogP contribution < -0.4 is 11.1 Å². The maximum atomic E-state index is 11.9. The first kappa shape index (κ1) is 15.2. The third kappa shape index (κ3) is 4.39. The molecule has 2 rings (SSSR count). The first-order chi connectivity index (χ1) is 10.1. The Labute approximate surface area is 129 Å². The van der Waals surface area contributed by atoms with Gasteiger partial charge in [-0.05, 0) is 31.5 Å². The van der Waals surface area contributed by atoms with Crippen molar-refractivity contribution in [1.82, 2.24) is 9.78 Å². The third-order valence-electron chi connectivity index (χ3n) is 3.13. The van der Waals surface area contributed by atoms with Crippen LogP contribution in [0.2, 0.25) is 0 Å². The fourth-order valence-corrected chi connectivity index (χ4v) is 2.12. The molecule has 0 unspecified atom stereocenters. The number of benzene rings is 1. The number of carbonyl (C=O) groups excluding carboxylic acids is 1. The standard InChI is InChI=1S/C15H18N4OS/c1-11-7-8-17-19(11)9-3-6-14(20)18-13-5-2-4-12(10-13)15(16)21/h2,4-5,7-8,10H,3,6,9H2,1H3,(H2,16,21)(H,18,20). The van der Waals surface area contributed by atoms with E-state index < -0.39 is 0 Å². The number of nitrogens with zero attached hydrogens (tertiary/aromatic N) is 2. The van der Waals surface area contributed by atoms with Crippen molar-refractivity contribution in [2.45, 2.75) is 26.3 Å². The number of aromatic nitrogens is 2. The van der Waals surface area contributed by atoms with Crippen molar-refractivity contribution in [3.8, 4) is 0 Å². The van der Waals surface area contributed by atoms with E-state index >= 15 is 0 Å². The van der Waals surface area contributed by atoms with Gasteiger partial charge in [0.1, 0.15) is 4.99 Å². The van der Waals surface area contributed by atoms with E-state index in [1.54, 1.807) is 12.3 Å². The van der Waals surface area contributed by atoms with Crippen LogP contribution in [0.5, 0.6) is 0 Å². The van der Waals surface area contributed by atoms with Gasteiger partial charge in [0.2, 0.25) is 5.91 Å². The molecule has 0 aliphatic rings. The van der Waals surface area contributed by atoms with E-state index in [0.29, 0.717) is 17.1 Å². The summed E-state index contributed by atoms with van der Waals surface area (Å²) in [5, 5.41) is 7.03. The highest BCUT2D eigenvalue weighted by Crippen LogP contribution is 2.11. The number of rotatable bonds is 6. The highest BCUT2D eigenvalue weighted by atomic mass is 32.1. The second-order valence-electron chi connectivity index (χ2n) is 4.79. The monoisotopic (exact) mass is 302 g/mol. The molecule has 110 valence electrons. The Balaban J connectivity index is 1.83. The minimum atomic E-state index is -0.0279. The number of aryl methyl sites for hydroxylation is 2. The van der Waals surface area contributed by atoms with Crippen LogP contribution in [-0.4, -0.2) is 20.7 Å². The number of amides is 1. The number of carbonyl (C=O) groups is 1. The molecule has 2 aromatic rings. The molecule has 0 bridgehead atoms. The molecular weight excluding hydrogens is 284 g/mol. The van der Waals surface area contributed by atoms with E-state index in [2.05, 4.69) is 10.4 Å². The van der Waals surface area contributed by atoms with Crippen LogP contribution in [0.4, 0.5) is 5.69 Å². The average Bonchev–Trinajstić information content (AvgIpc) is 2.85. The zero-order valence-electron chi connectivity index (χ0n) is 11.9. The summed E-state index contributed by atoms with van der Waals surface area (Å²) in [5.41, 5.74) is 8.12. The second kappa shape index (κ2) is 6.99. The van der Waals surface area contributed by atoms with Crippen molar-refractivity contribution in [1.29, 1.82) is 0 Å². The normalized spacial score (nSPS) is 10.3. The summed E-state index contributed by atoms with van der Waals surface area (Å²) in [6.07, 6.45) is 2.94. The Morgan fingerprint density at radius 3 is 2.90 bits per heavy atom. The predicted molar refractivity (Wildman–Crippen MR) is 87.2 cm³/mol.